The first-order valence-corrected chi connectivity index (χ1v) is 6.53. The average Bonchev–Trinajstić information content (AvgIpc) is 2.21. The predicted octanol–water partition coefficient (Wildman–Crippen LogP) is 2.19. The highest BCUT2D eigenvalue weighted by Gasteiger charge is 2.18. The van der Waals surface area contributed by atoms with Crippen molar-refractivity contribution in [3.8, 4) is 0 Å². The van der Waals surface area contributed by atoms with Crippen molar-refractivity contribution < 1.29 is 9.31 Å². The van der Waals surface area contributed by atoms with Gasteiger partial charge in [-0.2, -0.15) is 11.8 Å². The molecule has 2 rings (SSSR count). The van der Waals surface area contributed by atoms with E-state index in [1.54, 1.807) is 11.8 Å². The highest BCUT2D eigenvalue weighted by atomic mass is 32.2. The third-order valence-corrected chi connectivity index (χ3v) is 3.94. The molecule has 1 aliphatic rings. The second-order valence-corrected chi connectivity index (χ2v) is 5.10. The van der Waals surface area contributed by atoms with Crippen molar-refractivity contribution >= 4 is 17.4 Å². The largest absolute Gasteiger partial charge is 0.316 e. The van der Waals surface area contributed by atoms with Crippen LogP contribution in [-0.4, -0.2) is 23.8 Å². The number of nitro benzene ring substituents is 1. The number of nitrogens with zero attached hydrogens (tertiary/aromatic N) is 1. The fourth-order valence-electron chi connectivity index (χ4n) is 1.65. The zero-order valence-corrected chi connectivity index (χ0v) is 10.0. The van der Waals surface area contributed by atoms with Gasteiger partial charge in [-0.3, -0.25) is 10.1 Å². The molecule has 1 aromatic rings. The van der Waals surface area contributed by atoms with E-state index < -0.39 is 10.7 Å². The van der Waals surface area contributed by atoms with Gasteiger partial charge in [0, 0.05) is 17.4 Å². The van der Waals surface area contributed by atoms with Gasteiger partial charge in [0.25, 0.3) is 5.69 Å². The minimum absolute atomic E-state index is 0.00522. The summed E-state index contributed by atoms with van der Waals surface area (Å²) in [5, 5.41) is 13.9. The van der Waals surface area contributed by atoms with E-state index in [4.69, 9.17) is 0 Å². The third kappa shape index (κ3) is 3.17. The number of hydrogen-bond acceptors (Lipinski definition) is 4. The highest BCUT2D eigenvalue weighted by Crippen LogP contribution is 2.25. The maximum absolute atomic E-state index is 13.0. The van der Waals surface area contributed by atoms with E-state index in [0.717, 1.165) is 24.9 Å². The highest BCUT2D eigenvalue weighted by molar-refractivity contribution is 7.98. The maximum atomic E-state index is 13.0. The van der Waals surface area contributed by atoms with Gasteiger partial charge in [-0.15, -0.1) is 0 Å². The van der Waals surface area contributed by atoms with Crippen molar-refractivity contribution in [3.63, 3.8) is 0 Å². The lowest BCUT2D eigenvalue weighted by molar-refractivity contribution is -0.385. The predicted molar refractivity (Wildman–Crippen MR) is 65.6 cm³/mol. The molecule has 1 aliphatic heterocycles. The van der Waals surface area contributed by atoms with Gasteiger partial charge in [0.15, 0.2) is 0 Å². The number of rotatable bonds is 5. The number of hydrogen-bond donors (Lipinski definition) is 1. The second-order valence-electron chi connectivity index (χ2n) is 4.07. The molecule has 0 spiro atoms. The van der Waals surface area contributed by atoms with Crippen LogP contribution in [0.3, 0.4) is 0 Å². The Bertz CT molecular complexity index is 424. The Morgan fingerprint density at radius 3 is 2.88 bits per heavy atom. The molecule has 1 heterocycles. The monoisotopic (exact) mass is 256 g/mol. The first-order valence-electron chi connectivity index (χ1n) is 5.38. The first-order chi connectivity index (χ1) is 8.16. The van der Waals surface area contributed by atoms with Crippen molar-refractivity contribution in [2.45, 2.75) is 5.75 Å². The standard InChI is InChI=1S/C11H13FN2O2S/c12-10-1-2-11(14(15)16)9(3-10)7-17-6-8-4-13-5-8/h1-3,8,13H,4-7H2. The van der Waals surface area contributed by atoms with Crippen molar-refractivity contribution in [2.24, 2.45) is 5.92 Å². The third-order valence-electron chi connectivity index (χ3n) is 2.72. The molecule has 0 radical (unpaired) electrons. The molecule has 17 heavy (non-hydrogen) atoms. The van der Waals surface area contributed by atoms with Crippen molar-refractivity contribution in [1.82, 2.24) is 5.32 Å². The second kappa shape index (κ2) is 5.46. The van der Waals surface area contributed by atoms with Crippen LogP contribution in [0.25, 0.3) is 0 Å². The molecule has 1 saturated heterocycles. The quantitative estimate of drug-likeness (QED) is 0.648. The molecule has 6 heteroatoms. The van der Waals surface area contributed by atoms with Gasteiger partial charge in [-0.25, -0.2) is 4.39 Å². The molecule has 1 fully saturated rings. The van der Waals surface area contributed by atoms with Gasteiger partial charge in [0.1, 0.15) is 5.82 Å². The topological polar surface area (TPSA) is 55.2 Å². The Morgan fingerprint density at radius 1 is 1.53 bits per heavy atom. The molecular formula is C11H13FN2O2S. The molecule has 0 aromatic heterocycles. The molecule has 0 bridgehead atoms. The number of nitro groups is 1. The summed E-state index contributed by atoms with van der Waals surface area (Å²) < 4.78 is 13.0. The number of thioether (sulfide) groups is 1. The van der Waals surface area contributed by atoms with Gasteiger partial charge in [0.2, 0.25) is 0 Å². The molecule has 0 atom stereocenters. The Kier molecular flexibility index (Phi) is 3.96. The van der Waals surface area contributed by atoms with Crippen LogP contribution in [0.15, 0.2) is 18.2 Å². The van der Waals surface area contributed by atoms with Crippen molar-refractivity contribution in [3.05, 3.63) is 39.7 Å². The Hall–Kier alpha value is -1.14. The van der Waals surface area contributed by atoms with Crippen LogP contribution in [0.1, 0.15) is 5.56 Å². The molecule has 0 saturated carbocycles. The van der Waals surface area contributed by atoms with Crippen LogP contribution in [0.5, 0.6) is 0 Å². The normalized spacial score (nSPS) is 15.6. The van der Waals surface area contributed by atoms with Crippen LogP contribution in [-0.2, 0) is 5.75 Å². The summed E-state index contributed by atoms with van der Waals surface area (Å²) in [6.45, 7) is 2.02. The van der Waals surface area contributed by atoms with Crippen LogP contribution in [0, 0.1) is 21.8 Å². The number of benzene rings is 1. The number of halogens is 1. The van der Waals surface area contributed by atoms with Crippen LogP contribution in [0.2, 0.25) is 0 Å². The minimum atomic E-state index is -0.458. The van der Waals surface area contributed by atoms with E-state index in [2.05, 4.69) is 5.32 Å². The van der Waals surface area contributed by atoms with E-state index in [9.17, 15) is 14.5 Å². The lowest BCUT2D eigenvalue weighted by atomic mass is 10.1. The molecule has 92 valence electrons. The summed E-state index contributed by atoms with van der Waals surface area (Å²) in [6, 6.07) is 3.61. The van der Waals surface area contributed by atoms with Crippen LogP contribution >= 0.6 is 11.8 Å². The van der Waals surface area contributed by atoms with E-state index >= 15 is 0 Å². The van der Waals surface area contributed by atoms with Gasteiger partial charge in [0.05, 0.1) is 4.92 Å². The zero-order valence-electron chi connectivity index (χ0n) is 9.19. The lowest BCUT2D eigenvalue weighted by Gasteiger charge is -2.26. The molecule has 0 amide bonds. The van der Waals surface area contributed by atoms with Crippen LogP contribution < -0.4 is 5.32 Å². The number of nitrogens with one attached hydrogen (secondary N) is 1. The summed E-state index contributed by atoms with van der Waals surface area (Å²) in [4.78, 5) is 10.3. The average molecular weight is 256 g/mol. The molecule has 1 N–H and O–H groups in total. The summed E-state index contributed by atoms with van der Waals surface area (Å²) in [5.74, 6) is 1.68. The maximum Gasteiger partial charge on any atom is 0.273 e. The van der Waals surface area contributed by atoms with Gasteiger partial charge in [-0.1, -0.05) is 0 Å². The molecular weight excluding hydrogens is 243 g/mol. The van der Waals surface area contributed by atoms with Gasteiger partial charge >= 0.3 is 0 Å². The van der Waals surface area contributed by atoms with Crippen LogP contribution in [0.4, 0.5) is 10.1 Å². The fourth-order valence-corrected chi connectivity index (χ4v) is 2.79. The SMILES string of the molecule is O=[N+]([O-])c1ccc(F)cc1CSCC1CNC1. The smallest absolute Gasteiger partial charge is 0.273 e. The van der Waals surface area contributed by atoms with E-state index in [-0.39, 0.29) is 5.69 Å². The van der Waals surface area contributed by atoms with Crippen molar-refractivity contribution in [2.75, 3.05) is 18.8 Å². The van der Waals surface area contributed by atoms with Gasteiger partial charge in [-0.05, 0) is 36.9 Å². The summed E-state index contributed by atoms with van der Waals surface area (Å²) in [6.07, 6.45) is 0. The van der Waals surface area contributed by atoms with E-state index in [0.29, 0.717) is 17.2 Å². The van der Waals surface area contributed by atoms with E-state index in [1.165, 1.54) is 12.1 Å². The Balaban J connectivity index is 1.97. The summed E-state index contributed by atoms with van der Waals surface area (Å²) in [7, 11) is 0. The molecule has 1 aromatic carbocycles. The van der Waals surface area contributed by atoms with E-state index in [1.807, 2.05) is 0 Å². The molecule has 4 nitrogen and oxygen atoms in total. The summed E-state index contributed by atoms with van der Waals surface area (Å²) >= 11 is 1.62. The van der Waals surface area contributed by atoms with Gasteiger partial charge < -0.3 is 5.32 Å². The molecule has 0 aliphatic carbocycles. The lowest BCUT2D eigenvalue weighted by Crippen LogP contribution is -2.43. The van der Waals surface area contributed by atoms with Crippen molar-refractivity contribution in [1.29, 1.82) is 0 Å². The zero-order chi connectivity index (χ0) is 12.3. The fraction of sp³-hybridized carbons (Fsp3) is 0.455. The minimum Gasteiger partial charge on any atom is -0.316 e. The Labute approximate surface area is 103 Å². The first kappa shape index (κ1) is 12.3. The summed E-state index contributed by atoms with van der Waals surface area (Å²) in [5.41, 5.74) is 0.470. The Morgan fingerprint density at radius 2 is 2.29 bits per heavy atom. The molecule has 0 unspecified atom stereocenters.